The molecule has 1 fully saturated rings. The molecule has 0 aliphatic heterocycles. The highest BCUT2D eigenvalue weighted by Crippen LogP contribution is 2.41. The first-order chi connectivity index (χ1) is 5.42. The predicted octanol–water partition coefficient (Wildman–Crippen LogP) is 2.02. The van der Waals surface area contributed by atoms with Crippen molar-refractivity contribution in [3.63, 3.8) is 0 Å². The molecule has 2 rings (SSSR count). The molecule has 0 aromatic heterocycles. The molecule has 0 spiro atoms. The lowest BCUT2D eigenvalue weighted by Crippen LogP contribution is -1.88. The van der Waals surface area contributed by atoms with E-state index in [-0.39, 0.29) is 0 Å². The van der Waals surface area contributed by atoms with Crippen molar-refractivity contribution in [1.82, 2.24) is 0 Å². The summed E-state index contributed by atoms with van der Waals surface area (Å²) in [5.41, 5.74) is 1.93. The predicted molar refractivity (Wildman–Crippen MR) is 43.2 cm³/mol. The number of benzene rings is 1. The van der Waals surface area contributed by atoms with Gasteiger partial charge >= 0.3 is 0 Å². The second kappa shape index (κ2) is 2.50. The first-order valence-electron chi connectivity index (χ1n) is 3.89. The minimum absolute atomic E-state index is 0.646. The molecule has 1 aliphatic rings. The fourth-order valence-corrected chi connectivity index (χ4v) is 1.34. The number of hydrogen-bond donors (Lipinski definition) is 0. The Morgan fingerprint density at radius 3 is 2.64 bits per heavy atom. The molecule has 0 heterocycles. The van der Waals surface area contributed by atoms with Gasteiger partial charge in [-0.3, -0.25) is 4.79 Å². The van der Waals surface area contributed by atoms with Crippen LogP contribution in [0.5, 0.6) is 0 Å². The first kappa shape index (κ1) is 6.59. The highest BCUT2D eigenvalue weighted by atomic mass is 16.1. The van der Waals surface area contributed by atoms with Gasteiger partial charge in [-0.2, -0.15) is 0 Å². The van der Waals surface area contributed by atoms with Gasteiger partial charge in [-0.1, -0.05) is 24.3 Å². The molecule has 1 heteroatoms. The minimum atomic E-state index is 0.646. The summed E-state index contributed by atoms with van der Waals surface area (Å²) in [6.07, 6.45) is 4.44. The topological polar surface area (TPSA) is 17.1 Å². The second-order valence-corrected chi connectivity index (χ2v) is 2.96. The van der Waals surface area contributed by atoms with Crippen LogP contribution in [0.2, 0.25) is 0 Å². The Labute approximate surface area is 66.0 Å². The number of rotatable bonds is 2. The van der Waals surface area contributed by atoms with Crippen LogP contribution < -0.4 is 0 Å². The van der Waals surface area contributed by atoms with E-state index >= 15 is 0 Å². The van der Waals surface area contributed by atoms with Gasteiger partial charge in [-0.05, 0) is 24.3 Å². The Bertz CT molecular complexity index is 274. The molecule has 0 unspecified atom stereocenters. The largest absolute Gasteiger partial charge is 0.285 e. The van der Waals surface area contributed by atoms with E-state index in [1.807, 2.05) is 30.6 Å². The van der Waals surface area contributed by atoms with E-state index < -0.39 is 0 Å². The van der Waals surface area contributed by atoms with Crippen LogP contribution in [-0.2, 0) is 4.79 Å². The van der Waals surface area contributed by atoms with Crippen LogP contribution >= 0.6 is 0 Å². The average Bonchev–Trinajstić information content (AvgIpc) is 2.87. The summed E-state index contributed by atoms with van der Waals surface area (Å²) in [4.78, 5) is 10.4. The molecular formula is C10H9O. The van der Waals surface area contributed by atoms with Crippen molar-refractivity contribution in [2.45, 2.75) is 18.8 Å². The van der Waals surface area contributed by atoms with Crippen LogP contribution in [0, 0.1) is 0 Å². The van der Waals surface area contributed by atoms with Gasteiger partial charge in [0.15, 0.2) is 0 Å². The zero-order valence-corrected chi connectivity index (χ0v) is 6.21. The van der Waals surface area contributed by atoms with Crippen LogP contribution in [0.4, 0.5) is 0 Å². The lowest BCUT2D eigenvalue weighted by Gasteiger charge is -1.98. The molecule has 0 bridgehead atoms. The summed E-state index contributed by atoms with van der Waals surface area (Å²) < 4.78 is 0. The van der Waals surface area contributed by atoms with Gasteiger partial charge in [0.1, 0.15) is 0 Å². The molecule has 0 amide bonds. The van der Waals surface area contributed by atoms with E-state index in [0.29, 0.717) is 5.92 Å². The second-order valence-electron chi connectivity index (χ2n) is 2.96. The van der Waals surface area contributed by atoms with Crippen LogP contribution in [0.1, 0.15) is 29.9 Å². The summed E-state index contributed by atoms with van der Waals surface area (Å²) in [7, 11) is 0. The molecule has 1 radical (unpaired) electrons. The zero-order chi connectivity index (χ0) is 7.68. The highest BCUT2D eigenvalue weighted by Gasteiger charge is 2.25. The molecular weight excluding hydrogens is 136 g/mol. The maximum atomic E-state index is 10.4. The summed E-state index contributed by atoms with van der Waals surface area (Å²) in [6.45, 7) is 0. The number of carbonyl (C=O) groups excluding carboxylic acids is 1. The van der Waals surface area contributed by atoms with E-state index in [4.69, 9.17) is 0 Å². The van der Waals surface area contributed by atoms with Crippen LogP contribution in [0.25, 0.3) is 0 Å². The Hall–Kier alpha value is -1.11. The monoisotopic (exact) mass is 145 g/mol. The van der Waals surface area contributed by atoms with E-state index in [9.17, 15) is 4.79 Å². The van der Waals surface area contributed by atoms with Crippen molar-refractivity contribution in [3.05, 3.63) is 35.4 Å². The van der Waals surface area contributed by atoms with E-state index in [1.54, 1.807) is 0 Å². The van der Waals surface area contributed by atoms with E-state index in [2.05, 4.69) is 0 Å². The quantitative estimate of drug-likeness (QED) is 0.622. The third-order valence-electron chi connectivity index (χ3n) is 2.09. The van der Waals surface area contributed by atoms with Gasteiger partial charge in [0.05, 0.1) is 0 Å². The molecule has 1 aromatic carbocycles. The van der Waals surface area contributed by atoms with Gasteiger partial charge in [0.25, 0.3) is 0 Å². The molecule has 0 saturated heterocycles. The van der Waals surface area contributed by atoms with Gasteiger partial charge in [0.2, 0.25) is 6.29 Å². The van der Waals surface area contributed by atoms with Crippen molar-refractivity contribution in [1.29, 1.82) is 0 Å². The molecule has 55 valence electrons. The van der Waals surface area contributed by atoms with Gasteiger partial charge in [-0.25, -0.2) is 0 Å². The first-order valence-corrected chi connectivity index (χ1v) is 3.89. The lowest BCUT2D eigenvalue weighted by atomic mass is 10.0. The zero-order valence-electron chi connectivity index (χ0n) is 6.21. The molecule has 11 heavy (non-hydrogen) atoms. The average molecular weight is 145 g/mol. The number of hydrogen-bond acceptors (Lipinski definition) is 1. The molecule has 0 atom stereocenters. The summed E-state index contributed by atoms with van der Waals surface area (Å²) in [5.74, 6) is 0.646. The van der Waals surface area contributed by atoms with E-state index in [1.165, 1.54) is 18.4 Å². The molecule has 1 aromatic rings. The van der Waals surface area contributed by atoms with Gasteiger partial charge < -0.3 is 0 Å². The Morgan fingerprint density at radius 1 is 1.27 bits per heavy atom. The Morgan fingerprint density at radius 2 is 2.00 bits per heavy atom. The van der Waals surface area contributed by atoms with Crippen LogP contribution in [0.15, 0.2) is 24.3 Å². The Kier molecular flexibility index (Phi) is 1.50. The fourth-order valence-electron chi connectivity index (χ4n) is 1.34. The summed E-state index contributed by atoms with van der Waals surface area (Å²) in [6, 6.07) is 7.72. The van der Waals surface area contributed by atoms with Gasteiger partial charge in [-0.15, -0.1) is 0 Å². The van der Waals surface area contributed by atoms with Crippen molar-refractivity contribution >= 4 is 6.29 Å². The fraction of sp³-hybridized carbons (Fsp3) is 0.300. The lowest BCUT2D eigenvalue weighted by molar-refractivity contribution is 0.562. The maximum absolute atomic E-state index is 10.4. The summed E-state index contributed by atoms with van der Waals surface area (Å²) in [5, 5.41) is 0. The van der Waals surface area contributed by atoms with Crippen molar-refractivity contribution in [3.8, 4) is 0 Å². The summed E-state index contributed by atoms with van der Waals surface area (Å²) >= 11 is 0. The Balaban J connectivity index is 2.42. The third-order valence-corrected chi connectivity index (χ3v) is 2.09. The minimum Gasteiger partial charge on any atom is -0.285 e. The van der Waals surface area contributed by atoms with Crippen LogP contribution in [0.3, 0.4) is 0 Å². The smallest absolute Gasteiger partial charge is 0.233 e. The molecule has 1 nitrogen and oxygen atoms in total. The highest BCUT2D eigenvalue weighted by molar-refractivity contribution is 5.78. The normalized spacial score (nSPS) is 16.4. The standard InChI is InChI=1S/C10H9O/c11-7-9-3-1-2-4-10(9)8-5-6-8/h1-4,8H,5-6H2. The third kappa shape index (κ3) is 1.18. The molecule has 1 aliphatic carbocycles. The molecule has 0 N–H and O–H groups in total. The van der Waals surface area contributed by atoms with Crippen molar-refractivity contribution < 1.29 is 4.79 Å². The molecule has 1 saturated carbocycles. The van der Waals surface area contributed by atoms with Crippen molar-refractivity contribution in [2.24, 2.45) is 0 Å². The van der Waals surface area contributed by atoms with Gasteiger partial charge in [0, 0.05) is 5.56 Å². The van der Waals surface area contributed by atoms with E-state index in [0.717, 1.165) is 5.56 Å². The maximum Gasteiger partial charge on any atom is 0.233 e. The van der Waals surface area contributed by atoms with Crippen LogP contribution in [-0.4, -0.2) is 6.29 Å². The SMILES string of the molecule is O=[C]c1ccccc1C1CC1. The van der Waals surface area contributed by atoms with Crippen molar-refractivity contribution in [2.75, 3.05) is 0 Å².